The van der Waals surface area contributed by atoms with Crippen molar-refractivity contribution >= 4 is 39.3 Å². The second-order valence-electron chi connectivity index (χ2n) is 8.96. The lowest BCUT2D eigenvalue weighted by Gasteiger charge is -1.83. The molecule has 0 bridgehead atoms. The van der Waals surface area contributed by atoms with Crippen LogP contribution in [0.25, 0.3) is 33.5 Å². The molecule has 0 fully saturated rings. The van der Waals surface area contributed by atoms with Crippen molar-refractivity contribution in [3.63, 3.8) is 0 Å². The molecule has 9 aromatic heterocycles. The van der Waals surface area contributed by atoms with Gasteiger partial charge in [-0.2, -0.15) is 4.98 Å². The highest BCUT2D eigenvalue weighted by Gasteiger charge is 2.00. The number of fused-ring (bicyclic) bond motifs is 3. The van der Waals surface area contributed by atoms with E-state index in [1.54, 1.807) is 24.7 Å². The summed E-state index contributed by atoms with van der Waals surface area (Å²) in [5, 5.41) is 9.82. The van der Waals surface area contributed by atoms with Gasteiger partial charge in [-0.1, -0.05) is 5.21 Å². The van der Waals surface area contributed by atoms with Gasteiger partial charge in [-0.3, -0.25) is 34.4 Å². The molecular weight excluding hydrogens is 688 g/mol. The third-order valence-electron chi connectivity index (χ3n) is 5.42. The maximum atomic E-state index is 10.9. The lowest BCUT2D eigenvalue weighted by molar-refractivity contribution is 0.954. The Hall–Kier alpha value is -8.58. The minimum absolute atomic E-state index is 0.192. The summed E-state index contributed by atoms with van der Waals surface area (Å²) in [6.45, 7) is 0. The molecule has 0 saturated heterocycles. The molecule has 0 unspecified atom stereocenters. The normalized spacial score (nSPS) is 9.69. The first kappa shape index (κ1) is 36.3. The molecule has 26 nitrogen and oxygen atoms in total. The first-order valence-electron chi connectivity index (χ1n) is 14.0. The van der Waals surface area contributed by atoms with Crippen LogP contribution in [0, 0.1) is 0 Å². The fraction of sp³-hybridized carbons (Fsp3) is 0. The van der Waals surface area contributed by atoms with Crippen molar-refractivity contribution in [1.82, 2.24) is 95.2 Å². The van der Waals surface area contributed by atoms with Crippen LogP contribution >= 0.6 is 0 Å². The van der Waals surface area contributed by atoms with Crippen LogP contribution in [0.15, 0.2) is 110 Å². The van der Waals surface area contributed by atoms with Gasteiger partial charge in [-0.15, -0.1) is 5.10 Å². The summed E-state index contributed by atoms with van der Waals surface area (Å²) in [4.78, 5) is 111. The maximum Gasteiger partial charge on any atom is 0.346 e. The van der Waals surface area contributed by atoms with E-state index in [4.69, 9.17) is 5.73 Å². The van der Waals surface area contributed by atoms with Crippen LogP contribution in [0.2, 0.25) is 0 Å². The fourth-order valence-corrected chi connectivity index (χ4v) is 3.27. The monoisotopic (exact) mass is 712 g/mol. The Kier molecular flexibility index (Phi) is 13.0. The Morgan fingerprint density at radius 3 is 1.94 bits per heavy atom. The van der Waals surface area contributed by atoms with E-state index in [1.807, 2.05) is 4.98 Å². The van der Waals surface area contributed by atoms with Gasteiger partial charge in [0.25, 0.3) is 16.7 Å². The lowest BCUT2D eigenvalue weighted by Crippen LogP contribution is -2.21. The summed E-state index contributed by atoms with van der Waals surface area (Å²) in [7, 11) is 0. The summed E-state index contributed by atoms with van der Waals surface area (Å²) in [5.41, 5.74) is 5.45. The molecule has 0 aliphatic carbocycles. The molecule has 0 aliphatic heterocycles. The molecule has 26 heteroatoms. The molecule has 52 heavy (non-hydrogen) atoms. The predicted molar refractivity (Wildman–Crippen MR) is 180 cm³/mol. The van der Waals surface area contributed by atoms with Crippen molar-refractivity contribution in [2.45, 2.75) is 0 Å². The highest BCUT2D eigenvalue weighted by Crippen LogP contribution is 1.97. The molecule has 0 radical (unpaired) electrons. The van der Waals surface area contributed by atoms with Crippen LogP contribution in [0.1, 0.15) is 0 Å². The number of H-pyrrole nitrogens is 9. The van der Waals surface area contributed by atoms with E-state index < -0.39 is 22.6 Å². The first-order valence-corrected chi connectivity index (χ1v) is 14.0. The average Bonchev–Trinajstić information content (AvgIpc) is 3.92. The Morgan fingerprint density at radius 2 is 1.35 bits per heavy atom. The second-order valence-corrected chi connectivity index (χ2v) is 8.96. The summed E-state index contributed by atoms with van der Waals surface area (Å²) in [5.74, 6) is 0.244. The van der Waals surface area contributed by atoms with Crippen molar-refractivity contribution in [3.05, 3.63) is 143 Å². The minimum atomic E-state index is -0.547. The van der Waals surface area contributed by atoms with E-state index in [0.29, 0.717) is 16.8 Å². The molecular formula is C26H24N20O6. The number of anilines is 1. The van der Waals surface area contributed by atoms with Gasteiger partial charge in [-0.05, 0) is 12.1 Å². The zero-order valence-corrected chi connectivity index (χ0v) is 26.0. The van der Waals surface area contributed by atoms with Gasteiger partial charge in [-0.25, -0.2) is 49.3 Å². The number of nitrogens with zero attached hydrogens (tertiary/aromatic N) is 10. The average molecular weight is 713 g/mol. The fourth-order valence-electron chi connectivity index (χ4n) is 3.27. The number of imidazole rings is 2. The number of nitrogen functional groups attached to an aromatic ring is 1. The van der Waals surface area contributed by atoms with E-state index in [1.165, 1.54) is 56.2 Å². The lowest BCUT2D eigenvalue weighted by atomic mass is 10.5. The van der Waals surface area contributed by atoms with Crippen molar-refractivity contribution in [2.24, 2.45) is 0 Å². The number of aromatic amines is 9. The van der Waals surface area contributed by atoms with Crippen molar-refractivity contribution in [3.8, 4) is 0 Å². The molecule has 264 valence electrons. The number of rotatable bonds is 0. The Balaban J connectivity index is 0.000000141. The molecule has 9 heterocycles. The van der Waals surface area contributed by atoms with Gasteiger partial charge in [0.1, 0.15) is 29.5 Å². The van der Waals surface area contributed by atoms with Crippen molar-refractivity contribution < 1.29 is 0 Å². The molecule has 0 spiro atoms. The molecule has 0 aromatic carbocycles. The van der Waals surface area contributed by atoms with E-state index in [0.717, 1.165) is 5.52 Å². The Morgan fingerprint density at radius 1 is 0.615 bits per heavy atom. The SMILES string of the molecule is Nc1cc[nH]c(=O)n1.O=c1[nH]c(=O)c2[nH]cnc2[nH]1.O=c1[nH]cnc2nc[nH]c12.O=c1cc[nH]c(=O)[nH]1.c1cncnc1.c1ncc2[nH]nnc2n1. The van der Waals surface area contributed by atoms with Gasteiger partial charge in [0.15, 0.2) is 16.8 Å². The summed E-state index contributed by atoms with van der Waals surface area (Å²) in [6, 6.07) is 4.53. The molecule has 0 saturated carbocycles. The molecule has 9 aromatic rings. The zero-order chi connectivity index (χ0) is 37.1. The Labute approximate surface area is 283 Å². The number of nitrogens with one attached hydrogen (secondary N) is 9. The first-order chi connectivity index (χ1) is 25.2. The number of aromatic nitrogens is 19. The van der Waals surface area contributed by atoms with Crippen LogP contribution in [0.3, 0.4) is 0 Å². The third kappa shape index (κ3) is 11.6. The van der Waals surface area contributed by atoms with Crippen molar-refractivity contribution in [1.29, 1.82) is 0 Å². The Bertz CT molecular complexity index is 2690. The summed E-state index contributed by atoms with van der Waals surface area (Å²) in [6.07, 6.45) is 14.8. The molecule has 0 aliphatic rings. The second kappa shape index (κ2) is 18.7. The van der Waals surface area contributed by atoms with E-state index in [2.05, 4.69) is 90.2 Å². The van der Waals surface area contributed by atoms with Gasteiger partial charge < -0.3 is 30.7 Å². The van der Waals surface area contributed by atoms with Crippen LogP contribution < -0.4 is 39.5 Å². The van der Waals surface area contributed by atoms with E-state index in [-0.39, 0.29) is 28.1 Å². The number of hydrogen-bond acceptors (Lipinski definition) is 17. The predicted octanol–water partition coefficient (Wildman–Crippen LogP) is -2.77. The number of hydrogen-bond donors (Lipinski definition) is 10. The highest BCUT2D eigenvalue weighted by molar-refractivity contribution is 5.68. The summed E-state index contributed by atoms with van der Waals surface area (Å²) < 4.78 is 0. The smallest absolute Gasteiger partial charge is 0.346 e. The zero-order valence-electron chi connectivity index (χ0n) is 26.0. The molecule has 9 rings (SSSR count). The van der Waals surface area contributed by atoms with Gasteiger partial charge >= 0.3 is 17.1 Å². The minimum Gasteiger partial charge on any atom is -0.383 e. The van der Waals surface area contributed by atoms with Gasteiger partial charge in [0.05, 0.1) is 25.2 Å². The largest absolute Gasteiger partial charge is 0.383 e. The van der Waals surface area contributed by atoms with Crippen LogP contribution in [0.5, 0.6) is 0 Å². The van der Waals surface area contributed by atoms with E-state index in [9.17, 15) is 28.8 Å². The molecule has 0 amide bonds. The van der Waals surface area contributed by atoms with Crippen LogP contribution in [-0.4, -0.2) is 95.2 Å². The third-order valence-corrected chi connectivity index (χ3v) is 5.42. The molecule has 0 atom stereocenters. The molecule has 11 N–H and O–H groups in total. The topological polar surface area (TPSA) is 399 Å². The maximum absolute atomic E-state index is 10.9. The summed E-state index contributed by atoms with van der Waals surface area (Å²) >= 11 is 0. The number of nitrogens with two attached hydrogens (primary N) is 1. The van der Waals surface area contributed by atoms with Gasteiger partial charge in [0.2, 0.25) is 5.65 Å². The van der Waals surface area contributed by atoms with E-state index >= 15 is 0 Å². The highest BCUT2D eigenvalue weighted by atomic mass is 16.2. The van der Waals surface area contributed by atoms with Gasteiger partial charge in [0, 0.05) is 30.9 Å². The quantitative estimate of drug-likeness (QED) is 0.0760. The van der Waals surface area contributed by atoms with Crippen LogP contribution in [-0.2, 0) is 0 Å². The van der Waals surface area contributed by atoms with Crippen LogP contribution in [0.4, 0.5) is 5.82 Å². The van der Waals surface area contributed by atoms with Crippen molar-refractivity contribution in [2.75, 3.05) is 5.73 Å². The standard InChI is InChI=1S/C5H4N4O2.C5H4N4O.C4H3N5.C4H5N3O.C4H4N2O2.C4H4N2/c10-4-2-3(7-1-6-2)8-5(11)9-4;10-5-3-4(7-1-6-3)8-2-9-5;1-3-4(6-2-5-1)8-9-7-3;5-3-1-2-6-4(8)7-3;7-3-1-2-5-4(8)6-3;1-2-5-4-6-3-1/h1H,(H3,6,7,8,9,10,11);1-2H,(H2,6,7,8,9,10);1-2H,(H,5,6,7,8,9);1-2H,(H3,5,6,7,8);1-2H,(H2,5,6,7,8);1-4H.